The molecule has 0 saturated heterocycles. The molecule has 0 aliphatic rings. The molecule has 0 spiro atoms. The number of aryl methyl sites for hydroxylation is 1. The van der Waals surface area contributed by atoms with Crippen LogP contribution in [0.2, 0.25) is 5.02 Å². The van der Waals surface area contributed by atoms with E-state index in [1.807, 2.05) is 6.92 Å². The summed E-state index contributed by atoms with van der Waals surface area (Å²) >= 11 is 5.98. The Hall–Kier alpha value is -2.51. The van der Waals surface area contributed by atoms with Crippen molar-refractivity contribution in [1.29, 1.82) is 5.26 Å². The molecule has 0 heterocycles. The number of halogens is 1. The number of nitrogens with zero attached hydrogens (tertiary/aromatic N) is 1. The molecule has 0 aliphatic heterocycles. The molecule has 21 heavy (non-hydrogen) atoms. The van der Waals surface area contributed by atoms with Crippen molar-refractivity contribution in [2.24, 2.45) is 0 Å². The lowest BCUT2D eigenvalue weighted by atomic mass is 10.1. The second kappa shape index (κ2) is 6.29. The van der Waals surface area contributed by atoms with Gasteiger partial charge in [-0.3, -0.25) is 0 Å². The lowest BCUT2D eigenvalue weighted by molar-refractivity contribution is 0.0472. The molecule has 2 rings (SSSR count). The summed E-state index contributed by atoms with van der Waals surface area (Å²) in [5.41, 5.74) is 8.52. The number of carbonyl (C=O) groups excluding carboxylic acids is 1. The van der Waals surface area contributed by atoms with Crippen LogP contribution in [0.5, 0.6) is 0 Å². The van der Waals surface area contributed by atoms with E-state index in [1.165, 1.54) is 0 Å². The molecular formula is C16H13ClN2O2. The van der Waals surface area contributed by atoms with Gasteiger partial charge in [0.15, 0.2) is 0 Å². The average Bonchev–Trinajstić information content (AvgIpc) is 2.48. The fourth-order valence-corrected chi connectivity index (χ4v) is 2.06. The van der Waals surface area contributed by atoms with Crippen LogP contribution in [-0.4, -0.2) is 5.97 Å². The van der Waals surface area contributed by atoms with E-state index in [4.69, 9.17) is 27.3 Å². The Balaban J connectivity index is 2.11. The van der Waals surface area contributed by atoms with E-state index in [-0.39, 0.29) is 17.2 Å². The molecule has 0 radical (unpaired) electrons. The van der Waals surface area contributed by atoms with Gasteiger partial charge in [0.2, 0.25) is 0 Å². The van der Waals surface area contributed by atoms with Crippen molar-refractivity contribution in [3.63, 3.8) is 0 Å². The largest absolute Gasteiger partial charge is 0.457 e. The maximum Gasteiger partial charge on any atom is 0.340 e. The van der Waals surface area contributed by atoms with Crippen molar-refractivity contribution >= 4 is 23.3 Å². The first kappa shape index (κ1) is 14.9. The Morgan fingerprint density at radius 1 is 1.38 bits per heavy atom. The SMILES string of the molecule is Cc1cc(C#N)ccc1COC(=O)c1cccc(N)c1Cl. The summed E-state index contributed by atoms with van der Waals surface area (Å²) in [6.07, 6.45) is 0. The minimum Gasteiger partial charge on any atom is -0.457 e. The van der Waals surface area contributed by atoms with Crippen molar-refractivity contribution in [1.82, 2.24) is 0 Å². The number of nitrogens with two attached hydrogens (primary N) is 1. The third kappa shape index (κ3) is 3.33. The normalized spacial score (nSPS) is 9.95. The van der Waals surface area contributed by atoms with Gasteiger partial charge in [-0.05, 0) is 42.3 Å². The second-order valence-electron chi connectivity index (χ2n) is 4.54. The molecule has 2 N–H and O–H groups in total. The lowest BCUT2D eigenvalue weighted by Gasteiger charge is -2.09. The second-order valence-corrected chi connectivity index (χ2v) is 4.92. The first-order valence-corrected chi connectivity index (χ1v) is 6.61. The van der Waals surface area contributed by atoms with Gasteiger partial charge in [-0.1, -0.05) is 23.7 Å². The molecular weight excluding hydrogens is 288 g/mol. The minimum atomic E-state index is -0.531. The number of anilines is 1. The van der Waals surface area contributed by atoms with Crippen molar-refractivity contribution < 1.29 is 9.53 Å². The van der Waals surface area contributed by atoms with Crippen LogP contribution in [0.3, 0.4) is 0 Å². The van der Waals surface area contributed by atoms with E-state index in [0.717, 1.165) is 11.1 Å². The predicted molar refractivity (Wildman–Crippen MR) is 80.9 cm³/mol. The van der Waals surface area contributed by atoms with Gasteiger partial charge in [0.1, 0.15) is 6.61 Å². The van der Waals surface area contributed by atoms with Crippen LogP contribution in [0, 0.1) is 18.3 Å². The van der Waals surface area contributed by atoms with Crippen molar-refractivity contribution in [2.75, 3.05) is 5.73 Å². The molecule has 0 aliphatic carbocycles. The Bertz CT molecular complexity index is 736. The number of benzene rings is 2. The number of hydrogen-bond acceptors (Lipinski definition) is 4. The maximum absolute atomic E-state index is 12.0. The molecule has 0 aromatic heterocycles. The number of ether oxygens (including phenoxy) is 1. The van der Waals surface area contributed by atoms with Gasteiger partial charge in [0.25, 0.3) is 0 Å². The number of esters is 1. The van der Waals surface area contributed by atoms with Crippen molar-refractivity contribution in [3.8, 4) is 6.07 Å². The molecule has 0 fully saturated rings. The highest BCUT2D eigenvalue weighted by Gasteiger charge is 2.14. The number of nitriles is 1. The van der Waals surface area contributed by atoms with E-state index in [2.05, 4.69) is 6.07 Å². The molecule has 106 valence electrons. The first-order valence-electron chi connectivity index (χ1n) is 6.23. The molecule has 0 unspecified atom stereocenters. The maximum atomic E-state index is 12.0. The zero-order valence-corrected chi connectivity index (χ0v) is 12.1. The Labute approximate surface area is 127 Å². The van der Waals surface area contributed by atoms with E-state index in [9.17, 15) is 4.79 Å². The highest BCUT2D eigenvalue weighted by molar-refractivity contribution is 6.36. The monoisotopic (exact) mass is 300 g/mol. The predicted octanol–water partition coefficient (Wildman–Crippen LogP) is 3.46. The molecule has 0 saturated carbocycles. The molecule has 4 nitrogen and oxygen atoms in total. The summed E-state index contributed by atoms with van der Waals surface area (Å²) in [6.45, 7) is 1.97. The molecule has 5 heteroatoms. The zero-order chi connectivity index (χ0) is 15.4. The Morgan fingerprint density at radius 2 is 2.14 bits per heavy atom. The summed E-state index contributed by atoms with van der Waals surface area (Å²) in [6, 6.07) is 12.1. The minimum absolute atomic E-state index is 0.113. The Morgan fingerprint density at radius 3 is 2.81 bits per heavy atom. The van der Waals surface area contributed by atoms with Gasteiger partial charge in [-0.15, -0.1) is 0 Å². The van der Waals surface area contributed by atoms with Gasteiger partial charge in [-0.2, -0.15) is 5.26 Å². The van der Waals surface area contributed by atoms with Gasteiger partial charge in [0.05, 0.1) is 27.9 Å². The van der Waals surface area contributed by atoms with Gasteiger partial charge in [-0.25, -0.2) is 4.79 Å². The van der Waals surface area contributed by atoms with E-state index in [0.29, 0.717) is 11.3 Å². The van der Waals surface area contributed by atoms with Gasteiger partial charge in [0, 0.05) is 0 Å². The fraction of sp³-hybridized carbons (Fsp3) is 0.125. The van der Waals surface area contributed by atoms with E-state index in [1.54, 1.807) is 36.4 Å². The summed E-state index contributed by atoms with van der Waals surface area (Å²) < 4.78 is 5.24. The number of hydrogen-bond donors (Lipinski definition) is 1. The van der Waals surface area contributed by atoms with E-state index < -0.39 is 5.97 Å². The summed E-state index contributed by atoms with van der Waals surface area (Å²) in [7, 11) is 0. The highest BCUT2D eigenvalue weighted by atomic mass is 35.5. The first-order chi connectivity index (χ1) is 10.0. The molecule has 0 atom stereocenters. The van der Waals surface area contributed by atoms with Crippen LogP contribution in [0.4, 0.5) is 5.69 Å². The smallest absolute Gasteiger partial charge is 0.340 e. The summed E-state index contributed by atoms with van der Waals surface area (Å²) in [5.74, 6) is -0.531. The Kier molecular flexibility index (Phi) is 4.46. The quantitative estimate of drug-likeness (QED) is 0.695. The number of carbonyl (C=O) groups is 1. The van der Waals surface area contributed by atoms with Crippen molar-refractivity contribution in [2.45, 2.75) is 13.5 Å². The fourth-order valence-electron chi connectivity index (χ4n) is 1.86. The zero-order valence-electron chi connectivity index (χ0n) is 11.4. The summed E-state index contributed by atoms with van der Waals surface area (Å²) in [5, 5.41) is 9.01. The third-order valence-electron chi connectivity index (χ3n) is 3.08. The van der Waals surface area contributed by atoms with Crippen LogP contribution in [0.15, 0.2) is 36.4 Å². The number of rotatable bonds is 3. The van der Waals surface area contributed by atoms with Crippen LogP contribution >= 0.6 is 11.6 Å². The summed E-state index contributed by atoms with van der Waals surface area (Å²) in [4.78, 5) is 12.0. The van der Waals surface area contributed by atoms with Crippen LogP contribution in [0.1, 0.15) is 27.0 Å². The van der Waals surface area contributed by atoms with Crippen LogP contribution in [0.25, 0.3) is 0 Å². The van der Waals surface area contributed by atoms with Crippen LogP contribution in [-0.2, 0) is 11.3 Å². The standard InChI is InChI=1S/C16H13ClN2O2/c1-10-7-11(8-18)5-6-12(10)9-21-16(20)13-3-2-4-14(19)15(13)17/h2-7H,9,19H2,1H3. The van der Waals surface area contributed by atoms with Gasteiger partial charge < -0.3 is 10.5 Å². The van der Waals surface area contributed by atoms with Gasteiger partial charge >= 0.3 is 5.97 Å². The molecule has 0 amide bonds. The topological polar surface area (TPSA) is 76.1 Å². The van der Waals surface area contributed by atoms with E-state index >= 15 is 0 Å². The molecule has 2 aromatic rings. The molecule has 0 bridgehead atoms. The average molecular weight is 301 g/mol. The number of nitrogen functional groups attached to an aromatic ring is 1. The molecule has 2 aromatic carbocycles. The lowest BCUT2D eigenvalue weighted by Crippen LogP contribution is -2.07. The highest BCUT2D eigenvalue weighted by Crippen LogP contribution is 2.24. The van der Waals surface area contributed by atoms with Crippen molar-refractivity contribution in [3.05, 3.63) is 63.7 Å². The third-order valence-corrected chi connectivity index (χ3v) is 3.50. The van der Waals surface area contributed by atoms with Crippen LogP contribution < -0.4 is 5.73 Å².